The van der Waals surface area contributed by atoms with Gasteiger partial charge < -0.3 is 24.6 Å². The number of methoxy groups -OCH3 is 1. The largest absolute Gasteiger partial charge is 0.494 e. The van der Waals surface area contributed by atoms with E-state index in [1.807, 2.05) is 45.3 Å². The summed E-state index contributed by atoms with van der Waals surface area (Å²) in [6, 6.07) is 12.6. The van der Waals surface area contributed by atoms with Gasteiger partial charge in [-0.1, -0.05) is 13.0 Å². The van der Waals surface area contributed by atoms with Crippen LogP contribution in [0.25, 0.3) is 10.9 Å². The Morgan fingerprint density at radius 1 is 1.09 bits per heavy atom. The van der Waals surface area contributed by atoms with E-state index in [-0.39, 0.29) is 11.8 Å². The number of rotatable bonds is 9. The fourth-order valence-corrected chi connectivity index (χ4v) is 3.91. The van der Waals surface area contributed by atoms with E-state index in [1.54, 1.807) is 30.0 Å². The molecule has 0 bridgehead atoms. The molecular formula is C26H32N4O4. The Bertz CT molecular complexity index is 1200. The van der Waals surface area contributed by atoms with Gasteiger partial charge in [0.1, 0.15) is 0 Å². The Kier molecular flexibility index (Phi) is 8.07. The summed E-state index contributed by atoms with van der Waals surface area (Å²) in [5.74, 6) is -0.444. The van der Waals surface area contributed by atoms with Gasteiger partial charge in [0.2, 0.25) is 5.91 Å². The zero-order chi connectivity index (χ0) is 24.8. The van der Waals surface area contributed by atoms with Gasteiger partial charge in [0.15, 0.2) is 5.88 Å². The maximum atomic E-state index is 12.2. The number of nitrogens with one attached hydrogen (secondary N) is 1. The number of nitrogens with zero attached hydrogens (tertiary/aromatic N) is 3. The summed E-state index contributed by atoms with van der Waals surface area (Å²) in [5, 5.41) is 11.4. The van der Waals surface area contributed by atoms with Crippen LogP contribution in [0.15, 0.2) is 47.5 Å². The van der Waals surface area contributed by atoms with Crippen LogP contribution in [-0.4, -0.2) is 66.9 Å². The van der Waals surface area contributed by atoms with Gasteiger partial charge in [0.05, 0.1) is 29.6 Å². The summed E-state index contributed by atoms with van der Waals surface area (Å²) >= 11 is 0. The maximum Gasteiger partial charge on any atom is 0.337 e. The Balaban J connectivity index is 1.89. The molecule has 0 aliphatic rings. The van der Waals surface area contributed by atoms with Crippen LogP contribution in [0.3, 0.4) is 0 Å². The summed E-state index contributed by atoms with van der Waals surface area (Å²) in [5.41, 5.74) is 3.88. The molecule has 0 saturated carbocycles. The van der Waals surface area contributed by atoms with Crippen LogP contribution in [0.5, 0.6) is 5.88 Å². The van der Waals surface area contributed by atoms with E-state index in [0.29, 0.717) is 35.3 Å². The highest BCUT2D eigenvalue weighted by atomic mass is 16.5. The third kappa shape index (κ3) is 5.63. The van der Waals surface area contributed by atoms with Crippen LogP contribution < -0.4 is 4.90 Å². The molecule has 3 aromatic rings. The zero-order valence-corrected chi connectivity index (χ0v) is 20.4. The van der Waals surface area contributed by atoms with E-state index >= 15 is 0 Å². The van der Waals surface area contributed by atoms with Gasteiger partial charge in [0.25, 0.3) is 0 Å². The minimum Gasteiger partial charge on any atom is -0.494 e. The highest BCUT2D eigenvalue weighted by Crippen LogP contribution is 2.31. The number of anilines is 1. The van der Waals surface area contributed by atoms with Crippen LogP contribution >= 0.6 is 0 Å². The molecule has 8 heteroatoms. The normalized spacial score (nSPS) is 11.8. The number of benzene rings is 2. The van der Waals surface area contributed by atoms with Gasteiger partial charge in [-0.2, -0.15) is 0 Å². The number of carbonyl (C=O) groups excluding carboxylic acids is 2. The average Bonchev–Trinajstić information content (AvgIpc) is 3.14. The summed E-state index contributed by atoms with van der Waals surface area (Å²) < 4.78 is 4.78. The summed E-state index contributed by atoms with van der Waals surface area (Å²) in [6.07, 6.45) is 1.47. The molecule has 34 heavy (non-hydrogen) atoms. The number of ether oxygens (including phenoxy) is 1. The number of aromatic nitrogens is 1. The van der Waals surface area contributed by atoms with Gasteiger partial charge in [-0.15, -0.1) is 0 Å². The monoisotopic (exact) mass is 464 g/mol. The molecule has 2 aromatic carbocycles. The number of aliphatic imine (C=N–C) groups is 1. The second-order valence-corrected chi connectivity index (χ2v) is 8.36. The highest BCUT2D eigenvalue weighted by Gasteiger charge is 2.18. The number of esters is 1. The van der Waals surface area contributed by atoms with E-state index in [1.165, 1.54) is 7.11 Å². The minimum absolute atomic E-state index is 0.000654. The molecule has 0 fully saturated rings. The minimum atomic E-state index is -0.441. The number of hydrogen-bond acceptors (Lipinski definition) is 6. The van der Waals surface area contributed by atoms with Crippen molar-refractivity contribution >= 4 is 39.9 Å². The molecule has 8 nitrogen and oxygen atoms in total. The van der Waals surface area contributed by atoms with Crippen LogP contribution in [-0.2, 0) is 9.53 Å². The molecular weight excluding hydrogens is 432 g/mol. The third-order valence-corrected chi connectivity index (χ3v) is 5.62. The second-order valence-electron chi connectivity index (χ2n) is 8.36. The SMILES string of the molecule is CCC(=Nc1ccc(N(CCCN(C)C)C(C)=O)cc1)c1c(O)[nH]c2cc(C(=O)OC)ccc12. The van der Waals surface area contributed by atoms with Crippen LogP contribution in [0.1, 0.15) is 42.6 Å². The molecule has 0 unspecified atom stereocenters. The fourth-order valence-electron chi connectivity index (χ4n) is 3.91. The van der Waals surface area contributed by atoms with E-state index < -0.39 is 5.97 Å². The molecule has 0 radical (unpaired) electrons. The lowest BCUT2D eigenvalue weighted by atomic mass is 10.0. The van der Waals surface area contributed by atoms with E-state index in [2.05, 4.69) is 9.88 Å². The first kappa shape index (κ1) is 25.0. The van der Waals surface area contributed by atoms with Gasteiger partial charge >= 0.3 is 5.97 Å². The topological polar surface area (TPSA) is 98.2 Å². The standard InChI is InChI=1S/C26H32N4O4/c1-6-22(24-21-13-8-18(26(33)34-5)16-23(21)28-25(24)32)27-19-9-11-20(12-10-19)30(17(2)31)15-7-14-29(3)4/h8-13,16,28,32H,6-7,14-15H2,1-5H3. The van der Waals surface area contributed by atoms with Crippen molar-refractivity contribution in [3.8, 4) is 5.88 Å². The van der Waals surface area contributed by atoms with Crippen LogP contribution in [0.4, 0.5) is 11.4 Å². The molecule has 1 aromatic heterocycles. The number of aromatic amines is 1. The average molecular weight is 465 g/mol. The Morgan fingerprint density at radius 3 is 2.38 bits per heavy atom. The molecule has 0 saturated heterocycles. The maximum absolute atomic E-state index is 12.2. The molecule has 0 atom stereocenters. The summed E-state index contributed by atoms with van der Waals surface area (Å²) in [7, 11) is 5.36. The van der Waals surface area contributed by atoms with Gasteiger partial charge in [0, 0.05) is 30.1 Å². The fraction of sp³-hybridized carbons (Fsp3) is 0.346. The van der Waals surface area contributed by atoms with Crippen LogP contribution in [0.2, 0.25) is 0 Å². The predicted octanol–water partition coefficient (Wildman–Crippen LogP) is 4.50. The first-order valence-corrected chi connectivity index (χ1v) is 11.3. The number of aromatic hydroxyl groups is 1. The lowest BCUT2D eigenvalue weighted by Gasteiger charge is -2.22. The summed E-state index contributed by atoms with van der Waals surface area (Å²) in [6.45, 7) is 5.09. The Morgan fingerprint density at radius 2 is 1.79 bits per heavy atom. The predicted molar refractivity (Wildman–Crippen MR) is 135 cm³/mol. The molecule has 1 amide bonds. The van der Waals surface area contributed by atoms with Crippen molar-refractivity contribution in [1.29, 1.82) is 0 Å². The molecule has 180 valence electrons. The molecule has 2 N–H and O–H groups in total. The zero-order valence-electron chi connectivity index (χ0n) is 20.4. The lowest BCUT2D eigenvalue weighted by molar-refractivity contribution is -0.116. The van der Waals surface area contributed by atoms with Gasteiger partial charge in [-0.25, -0.2) is 4.79 Å². The first-order chi connectivity index (χ1) is 16.2. The van der Waals surface area contributed by atoms with E-state index in [0.717, 1.165) is 29.7 Å². The number of amides is 1. The van der Waals surface area contributed by atoms with Crippen molar-refractivity contribution < 1.29 is 19.4 Å². The van der Waals surface area contributed by atoms with Gasteiger partial charge in [-0.05, 0) is 69.9 Å². The van der Waals surface area contributed by atoms with Crippen molar-refractivity contribution in [3.05, 3.63) is 53.6 Å². The van der Waals surface area contributed by atoms with E-state index in [9.17, 15) is 14.7 Å². The number of H-pyrrole nitrogens is 1. The second kappa shape index (κ2) is 11.0. The number of hydrogen-bond donors (Lipinski definition) is 2. The highest BCUT2D eigenvalue weighted by molar-refractivity contribution is 6.14. The third-order valence-electron chi connectivity index (χ3n) is 5.62. The van der Waals surface area contributed by atoms with E-state index in [4.69, 9.17) is 9.73 Å². The molecule has 3 rings (SSSR count). The molecule has 0 spiro atoms. The number of carbonyl (C=O) groups is 2. The Hall–Kier alpha value is -3.65. The summed E-state index contributed by atoms with van der Waals surface area (Å²) in [4.78, 5) is 35.6. The van der Waals surface area contributed by atoms with Crippen molar-refractivity contribution in [2.75, 3.05) is 39.2 Å². The number of fused-ring (bicyclic) bond motifs is 1. The molecule has 0 aliphatic heterocycles. The van der Waals surface area contributed by atoms with Crippen LogP contribution in [0, 0.1) is 0 Å². The molecule has 1 heterocycles. The van der Waals surface area contributed by atoms with Crippen molar-refractivity contribution in [1.82, 2.24) is 9.88 Å². The van der Waals surface area contributed by atoms with Crippen molar-refractivity contribution in [2.24, 2.45) is 4.99 Å². The lowest BCUT2D eigenvalue weighted by Crippen LogP contribution is -2.31. The first-order valence-electron chi connectivity index (χ1n) is 11.3. The molecule has 0 aliphatic carbocycles. The van der Waals surface area contributed by atoms with Crippen molar-refractivity contribution in [2.45, 2.75) is 26.7 Å². The Labute approximate surface area is 199 Å². The quantitative estimate of drug-likeness (QED) is 0.359. The smallest absolute Gasteiger partial charge is 0.337 e. The van der Waals surface area contributed by atoms with Gasteiger partial charge in [-0.3, -0.25) is 9.79 Å². The van der Waals surface area contributed by atoms with Crippen molar-refractivity contribution in [3.63, 3.8) is 0 Å².